The van der Waals surface area contributed by atoms with E-state index in [0.29, 0.717) is 17.7 Å². The number of H-pyrrole nitrogens is 1. The summed E-state index contributed by atoms with van der Waals surface area (Å²) in [6.07, 6.45) is 1.30. The molecule has 0 bridgehead atoms. The lowest BCUT2D eigenvalue weighted by atomic mass is 9.99. The zero-order chi connectivity index (χ0) is 14.0. The molecule has 0 aliphatic rings. The number of nitrogens with one attached hydrogen (secondary N) is 1. The van der Waals surface area contributed by atoms with Crippen LogP contribution in [0.4, 0.5) is 0 Å². The average Bonchev–Trinajstić information content (AvgIpc) is 2.42. The van der Waals surface area contributed by atoms with Crippen LogP contribution in [0, 0.1) is 6.92 Å². The monoisotopic (exact) mass is 258 g/mol. The first-order chi connectivity index (χ1) is 9.06. The van der Waals surface area contributed by atoms with Gasteiger partial charge in [0.05, 0.1) is 5.71 Å². The quantitative estimate of drug-likeness (QED) is 0.505. The normalized spacial score (nSPS) is 12.1. The number of nitrogens with zero attached hydrogens (tertiary/aromatic N) is 1. The Morgan fingerprint density at radius 1 is 1.42 bits per heavy atom. The fourth-order valence-electron chi connectivity index (χ4n) is 2.28. The lowest BCUT2D eigenvalue weighted by molar-refractivity contribution is 0.317. The standard InChI is InChI=1S/C15H18N2O2/c1-4-11-5-6-12-10(3)13(7-9(2)17-19)15(18)16-14(12)8-11/h5-6,8,19H,4,7H2,1-3H3,(H,16,18)/b17-9+. The van der Waals surface area contributed by atoms with Crippen LogP contribution in [0.3, 0.4) is 0 Å². The molecule has 0 amide bonds. The molecule has 2 N–H and O–H groups in total. The van der Waals surface area contributed by atoms with Crippen LogP contribution in [-0.2, 0) is 12.8 Å². The predicted octanol–water partition coefficient (Wildman–Crippen LogP) is 2.79. The summed E-state index contributed by atoms with van der Waals surface area (Å²) < 4.78 is 0. The number of aromatic nitrogens is 1. The minimum Gasteiger partial charge on any atom is -0.411 e. The highest BCUT2D eigenvalue weighted by Gasteiger charge is 2.10. The fourth-order valence-corrected chi connectivity index (χ4v) is 2.28. The number of pyridine rings is 1. The third-order valence-electron chi connectivity index (χ3n) is 3.47. The number of benzene rings is 1. The van der Waals surface area contributed by atoms with Crippen LogP contribution in [-0.4, -0.2) is 15.9 Å². The minimum absolute atomic E-state index is 0.110. The van der Waals surface area contributed by atoms with Crippen molar-refractivity contribution in [3.8, 4) is 0 Å². The summed E-state index contributed by atoms with van der Waals surface area (Å²) in [6, 6.07) is 6.12. The van der Waals surface area contributed by atoms with Gasteiger partial charge in [-0.2, -0.15) is 0 Å². The van der Waals surface area contributed by atoms with Crippen LogP contribution in [0.5, 0.6) is 0 Å². The Morgan fingerprint density at radius 3 is 2.79 bits per heavy atom. The molecule has 0 saturated heterocycles. The van der Waals surface area contributed by atoms with Gasteiger partial charge in [0.2, 0.25) is 0 Å². The lowest BCUT2D eigenvalue weighted by Gasteiger charge is -2.09. The van der Waals surface area contributed by atoms with Crippen LogP contribution >= 0.6 is 0 Å². The number of rotatable bonds is 3. The van der Waals surface area contributed by atoms with E-state index in [-0.39, 0.29) is 5.56 Å². The van der Waals surface area contributed by atoms with E-state index in [9.17, 15) is 4.79 Å². The van der Waals surface area contributed by atoms with Crippen molar-refractivity contribution < 1.29 is 5.21 Å². The Hall–Kier alpha value is -2.10. The molecule has 100 valence electrons. The minimum atomic E-state index is -0.110. The molecule has 4 nitrogen and oxygen atoms in total. The van der Waals surface area contributed by atoms with E-state index in [1.807, 2.05) is 19.1 Å². The first-order valence-corrected chi connectivity index (χ1v) is 6.38. The van der Waals surface area contributed by atoms with Gasteiger partial charge >= 0.3 is 0 Å². The van der Waals surface area contributed by atoms with Crippen molar-refractivity contribution >= 4 is 16.6 Å². The molecule has 1 heterocycles. The molecular weight excluding hydrogens is 240 g/mol. The van der Waals surface area contributed by atoms with Crippen LogP contribution in [0.1, 0.15) is 30.5 Å². The van der Waals surface area contributed by atoms with Crippen molar-refractivity contribution in [2.75, 3.05) is 0 Å². The van der Waals surface area contributed by atoms with Gasteiger partial charge in [0.15, 0.2) is 0 Å². The van der Waals surface area contributed by atoms with E-state index in [4.69, 9.17) is 5.21 Å². The number of oxime groups is 1. The van der Waals surface area contributed by atoms with E-state index in [2.05, 4.69) is 23.1 Å². The van der Waals surface area contributed by atoms with Crippen LogP contribution in [0.2, 0.25) is 0 Å². The SMILES string of the molecule is CCc1ccc2c(C)c(C/C(C)=N/O)c(=O)[nH]c2c1. The maximum atomic E-state index is 12.1. The van der Waals surface area contributed by atoms with Crippen LogP contribution in [0.25, 0.3) is 10.9 Å². The predicted molar refractivity (Wildman–Crippen MR) is 77.3 cm³/mol. The molecule has 1 aromatic heterocycles. The Bertz CT molecular complexity index is 699. The van der Waals surface area contributed by atoms with E-state index < -0.39 is 0 Å². The number of hydrogen-bond acceptors (Lipinski definition) is 3. The summed E-state index contributed by atoms with van der Waals surface area (Å²) in [4.78, 5) is 15.0. The van der Waals surface area contributed by atoms with Gasteiger partial charge in [0, 0.05) is 22.9 Å². The second-order valence-electron chi connectivity index (χ2n) is 4.80. The van der Waals surface area contributed by atoms with Gasteiger partial charge in [-0.25, -0.2) is 0 Å². The molecule has 0 radical (unpaired) electrons. The van der Waals surface area contributed by atoms with Crippen molar-refractivity contribution in [3.63, 3.8) is 0 Å². The van der Waals surface area contributed by atoms with Gasteiger partial charge in [0.25, 0.3) is 5.56 Å². The molecule has 1 aromatic carbocycles. The zero-order valence-corrected chi connectivity index (χ0v) is 11.4. The Balaban J connectivity index is 2.65. The second-order valence-corrected chi connectivity index (χ2v) is 4.80. The van der Waals surface area contributed by atoms with Gasteiger partial charge in [-0.15, -0.1) is 0 Å². The first-order valence-electron chi connectivity index (χ1n) is 6.38. The molecule has 0 fully saturated rings. The largest absolute Gasteiger partial charge is 0.411 e. The highest BCUT2D eigenvalue weighted by atomic mass is 16.4. The Labute approximate surface area is 111 Å². The van der Waals surface area contributed by atoms with E-state index in [0.717, 1.165) is 22.9 Å². The zero-order valence-electron chi connectivity index (χ0n) is 11.4. The number of hydrogen-bond donors (Lipinski definition) is 2. The third-order valence-corrected chi connectivity index (χ3v) is 3.47. The number of fused-ring (bicyclic) bond motifs is 1. The Morgan fingerprint density at radius 2 is 2.16 bits per heavy atom. The average molecular weight is 258 g/mol. The molecule has 0 aliphatic heterocycles. The second kappa shape index (κ2) is 5.26. The maximum Gasteiger partial charge on any atom is 0.252 e. The molecule has 2 rings (SSSR count). The molecule has 0 spiro atoms. The van der Waals surface area contributed by atoms with Crippen molar-refractivity contribution in [1.29, 1.82) is 0 Å². The highest BCUT2D eigenvalue weighted by molar-refractivity contribution is 5.87. The molecule has 0 saturated carbocycles. The fraction of sp³-hybridized carbons (Fsp3) is 0.333. The summed E-state index contributed by atoms with van der Waals surface area (Å²) in [5, 5.41) is 12.9. The summed E-state index contributed by atoms with van der Waals surface area (Å²) in [5.74, 6) is 0. The van der Waals surface area contributed by atoms with Crippen molar-refractivity contribution in [2.24, 2.45) is 5.16 Å². The lowest BCUT2D eigenvalue weighted by Crippen LogP contribution is -2.17. The number of aryl methyl sites for hydroxylation is 2. The topological polar surface area (TPSA) is 65.5 Å². The number of aromatic amines is 1. The summed E-state index contributed by atoms with van der Waals surface area (Å²) >= 11 is 0. The van der Waals surface area contributed by atoms with Gasteiger partial charge in [-0.05, 0) is 37.5 Å². The van der Waals surface area contributed by atoms with Crippen LogP contribution < -0.4 is 5.56 Å². The molecule has 19 heavy (non-hydrogen) atoms. The molecule has 2 aromatic rings. The molecule has 0 aliphatic carbocycles. The van der Waals surface area contributed by atoms with E-state index in [1.165, 1.54) is 5.56 Å². The molecular formula is C15H18N2O2. The summed E-state index contributed by atoms with van der Waals surface area (Å²) in [5.41, 5.74) is 4.09. The van der Waals surface area contributed by atoms with E-state index in [1.54, 1.807) is 6.92 Å². The van der Waals surface area contributed by atoms with Gasteiger partial charge < -0.3 is 10.2 Å². The van der Waals surface area contributed by atoms with Crippen LogP contribution in [0.15, 0.2) is 28.1 Å². The summed E-state index contributed by atoms with van der Waals surface area (Å²) in [6.45, 7) is 5.72. The third kappa shape index (κ3) is 2.52. The highest BCUT2D eigenvalue weighted by Crippen LogP contribution is 2.19. The molecule has 0 unspecified atom stereocenters. The van der Waals surface area contributed by atoms with Gasteiger partial charge in [-0.3, -0.25) is 4.79 Å². The van der Waals surface area contributed by atoms with E-state index >= 15 is 0 Å². The Kier molecular flexibility index (Phi) is 3.69. The molecule has 4 heteroatoms. The van der Waals surface area contributed by atoms with Crippen molar-refractivity contribution in [3.05, 3.63) is 45.2 Å². The summed E-state index contributed by atoms with van der Waals surface area (Å²) in [7, 11) is 0. The van der Waals surface area contributed by atoms with Crippen molar-refractivity contribution in [2.45, 2.75) is 33.6 Å². The first kappa shape index (κ1) is 13.3. The smallest absolute Gasteiger partial charge is 0.252 e. The van der Waals surface area contributed by atoms with Gasteiger partial charge in [-0.1, -0.05) is 24.2 Å². The molecule has 0 atom stereocenters. The van der Waals surface area contributed by atoms with Gasteiger partial charge in [0.1, 0.15) is 0 Å². The maximum absolute atomic E-state index is 12.1. The van der Waals surface area contributed by atoms with Crippen molar-refractivity contribution in [1.82, 2.24) is 4.98 Å².